The van der Waals surface area contributed by atoms with E-state index in [1.54, 1.807) is 18.3 Å². The molecule has 11 heteroatoms. The van der Waals surface area contributed by atoms with Crippen molar-refractivity contribution in [3.63, 3.8) is 0 Å². The minimum atomic E-state index is -1.19. The normalized spacial score (nSPS) is 13.6. The number of fused-ring (bicyclic) bond motifs is 1. The van der Waals surface area contributed by atoms with Gasteiger partial charge in [-0.1, -0.05) is 24.3 Å². The molecule has 5 rings (SSSR count). The van der Waals surface area contributed by atoms with Gasteiger partial charge in [-0.05, 0) is 93.1 Å². The number of nitrogens with one attached hydrogen (secondary N) is 2. The van der Waals surface area contributed by atoms with Crippen LogP contribution in [-0.2, 0) is 9.53 Å². The molecule has 2 amide bonds. The van der Waals surface area contributed by atoms with Gasteiger partial charge >= 0.3 is 12.1 Å². The number of nitrogens with zero attached hydrogens (tertiary/aromatic N) is 2. The Labute approximate surface area is 272 Å². The number of rotatable bonds is 9. The van der Waals surface area contributed by atoms with E-state index in [1.165, 1.54) is 31.4 Å². The van der Waals surface area contributed by atoms with Crippen LogP contribution in [0.15, 0.2) is 72.9 Å². The second-order valence-electron chi connectivity index (χ2n) is 12.5. The van der Waals surface area contributed by atoms with Gasteiger partial charge in [0.2, 0.25) is 0 Å². The van der Waals surface area contributed by atoms with Gasteiger partial charge in [-0.3, -0.25) is 14.6 Å². The van der Waals surface area contributed by atoms with Crippen molar-refractivity contribution < 1.29 is 33.8 Å². The van der Waals surface area contributed by atoms with Crippen LogP contribution in [0.5, 0.6) is 5.75 Å². The SMILES string of the molecule is COc1ccc(-c2ccc3nccc(N4CCC(CNC(=O)OC(C)(C)C)CC4)c3c2)cc1NC(=O)C(=O)c1cccc(C(=O)O)c1. The predicted molar refractivity (Wildman–Crippen MR) is 179 cm³/mol. The smallest absolute Gasteiger partial charge is 0.407 e. The number of carbonyl (C=O) groups is 4. The Morgan fingerprint density at radius 2 is 1.64 bits per heavy atom. The third-order valence-corrected chi connectivity index (χ3v) is 7.97. The Morgan fingerprint density at radius 3 is 2.34 bits per heavy atom. The van der Waals surface area contributed by atoms with Gasteiger partial charge in [0.25, 0.3) is 11.7 Å². The summed E-state index contributed by atoms with van der Waals surface area (Å²) in [5.74, 6) is -2.27. The number of pyridine rings is 1. The van der Waals surface area contributed by atoms with Crippen molar-refractivity contribution in [1.29, 1.82) is 0 Å². The number of ketones is 1. The fourth-order valence-electron chi connectivity index (χ4n) is 5.60. The number of Topliss-reactive ketones (excluding diaryl/α,β-unsaturated/α-hetero) is 1. The first kappa shape index (κ1) is 32.9. The molecule has 0 aliphatic carbocycles. The summed E-state index contributed by atoms with van der Waals surface area (Å²) >= 11 is 0. The Kier molecular flexibility index (Phi) is 9.74. The van der Waals surface area contributed by atoms with Gasteiger partial charge < -0.3 is 30.1 Å². The second-order valence-corrected chi connectivity index (χ2v) is 12.5. The lowest BCUT2D eigenvalue weighted by atomic mass is 9.95. The van der Waals surface area contributed by atoms with Gasteiger partial charge in [0.15, 0.2) is 0 Å². The van der Waals surface area contributed by atoms with E-state index in [0.29, 0.717) is 23.9 Å². The van der Waals surface area contributed by atoms with Gasteiger partial charge in [-0.25, -0.2) is 9.59 Å². The van der Waals surface area contributed by atoms with Crippen LogP contribution in [0.2, 0.25) is 0 Å². The van der Waals surface area contributed by atoms with E-state index in [2.05, 4.69) is 26.6 Å². The van der Waals surface area contributed by atoms with E-state index < -0.39 is 29.4 Å². The molecule has 0 bridgehead atoms. The second kappa shape index (κ2) is 13.9. The summed E-state index contributed by atoms with van der Waals surface area (Å²) in [7, 11) is 1.47. The molecule has 4 aromatic rings. The van der Waals surface area contributed by atoms with Crippen molar-refractivity contribution >= 4 is 46.0 Å². The molecule has 1 aromatic heterocycles. The van der Waals surface area contributed by atoms with Crippen molar-refractivity contribution in [2.24, 2.45) is 5.92 Å². The first-order valence-corrected chi connectivity index (χ1v) is 15.4. The number of amides is 2. The molecular weight excluding hydrogens is 600 g/mol. The molecule has 0 unspecified atom stereocenters. The zero-order chi connectivity index (χ0) is 33.7. The summed E-state index contributed by atoms with van der Waals surface area (Å²) in [5, 5.41) is 15.8. The number of carboxylic acid groups (broad SMARTS) is 1. The van der Waals surface area contributed by atoms with Gasteiger partial charge in [0, 0.05) is 42.5 Å². The van der Waals surface area contributed by atoms with Gasteiger partial charge in [0.05, 0.1) is 23.9 Å². The van der Waals surface area contributed by atoms with E-state index >= 15 is 0 Å². The Hall–Kier alpha value is -5.45. The topological polar surface area (TPSA) is 147 Å². The van der Waals surface area contributed by atoms with Crippen molar-refractivity contribution in [2.75, 3.05) is 37.0 Å². The number of hydrogen-bond donors (Lipinski definition) is 3. The van der Waals surface area contributed by atoms with Crippen LogP contribution in [0.1, 0.15) is 54.3 Å². The average molecular weight is 639 g/mol. The molecule has 11 nitrogen and oxygen atoms in total. The Bertz CT molecular complexity index is 1820. The number of hydrogen-bond acceptors (Lipinski definition) is 8. The average Bonchev–Trinajstić information content (AvgIpc) is 3.06. The van der Waals surface area contributed by atoms with Crippen molar-refractivity contribution in [3.05, 3.63) is 84.1 Å². The maximum Gasteiger partial charge on any atom is 0.407 e. The van der Waals surface area contributed by atoms with E-state index in [4.69, 9.17) is 9.47 Å². The minimum Gasteiger partial charge on any atom is -0.495 e. The molecule has 0 atom stereocenters. The summed E-state index contributed by atoms with van der Waals surface area (Å²) < 4.78 is 10.8. The van der Waals surface area contributed by atoms with Gasteiger partial charge in [-0.15, -0.1) is 0 Å². The molecule has 1 saturated heterocycles. The molecule has 3 N–H and O–H groups in total. The summed E-state index contributed by atoms with van der Waals surface area (Å²) in [5.41, 5.74) is 3.21. The monoisotopic (exact) mass is 638 g/mol. The number of ether oxygens (including phenoxy) is 2. The highest BCUT2D eigenvalue weighted by molar-refractivity contribution is 6.46. The largest absolute Gasteiger partial charge is 0.495 e. The number of piperidine rings is 1. The molecule has 0 radical (unpaired) electrons. The van der Waals surface area contributed by atoms with E-state index in [1.807, 2.05) is 45.0 Å². The van der Waals surface area contributed by atoms with Crippen LogP contribution in [0.4, 0.5) is 16.2 Å². The molecule has 2 heterocycles. The molecule has 244 valence electrons. The Balaban J connectivity index is 1.33. The maximum atomic E-state index is 13.0. The summed E-state index contributed by atoms with van der Waals surface area (Å²) in [4.78, 5) is 56.2. The highest BCUT2D eigenvalue weighted by atomic mass is 16.6. The Morgan fingerprint density at radius 1 is 0.936 bits per heavy atom. The number of methoxy groups -OCH3 is 1. The van der Waals surface area contributed by atoms with Gasteiger partial charge in [-0.2, -0.15) is 0 Å². The van der Waals surface area contributed by atoms with Crippen LogP contribution >= 0.6 is 0 Å². The summed E-state index contributed by atoms with van der Waals surface area (Å²) in [6.07, 6.45) is 3.24. The highest BCUT2D eigenvalue weighted by Crippen LogP contribution is 2.35. The summed E-state index contributed by atoms with van der Waals surface area (Å²) in [6, 6.07) is 18.6. The van der Waals surface area contributed by atoms with Crippen molar-refractivity contribution in [2.45, 2.75) is 39.2 Å². The molecule has 1 aliphatic heterocycles. The minimum absolute atomic E-state index is 0.0320. The van der Waals surface area contributed by atoms with Gasteiger partial charge in [0.1, 0.15) is 11.4 Å². The van der Waals surface area contributed by atoms with E-state index in [9.17, 15) is 24.3 Å². The van der Waals surface area contributed by atoms with Crippen LogP contribution in [0.25, 0.3) is 22.0 Å². The lowest BCUT2D eigenvalue weighted by Gasteiger charge is -2.34. The lowest BCUT2D eigenvalue weighted by molar-refractivity contribution is -0.112. The van der Waals surface area contributed by atoms with Crippen molar-refractivity contribution in [3.8, 4) is 16.9 Å². The van der Waals surface area contributed by atoms with E-state index in [0.717, 1.165) is 53.6 Å². The maximum absolute atomic E-state index is 13.0. The molecule has 0 saturated carbocycles. The quantitative estimate of drug-likeness (QED) is 0.145. The number of carboxylic acids is 1. The molecule has 1 aliphatic rings. The van der Waals surface area contributed by atoms with Crippen LogP contribution in [0, 0.1) is 5.92 Å². The third-order valence-electron chi connectivity index (χ3n) is 7.97. The number of benzene rings is 3. The molecule has 0 spiro atoms. The number of aromatic carboxylic acids is 1. The zero-order valence-corrected chi connectivity index (χ0v) is 26.8. The van der Waals surface area contributed by atoms with Crippen molar-refractivity contribution in [1.82, 2.24) is 10.3 Å². The number of alkyl carbamates (subject to hydrolysis) is 1. The third kappa shape index (κ3) is 8.04. The zero-order valence-electron chi connectivity index (χ0n) is 26.8. The van der Waals surface area contributed by atoms with E-state index in [-0.39, 0.29) is 11.1 Å². The number of anilines is 2. The first-order chi connectivity index (χ1) is 22.4. The summed E-state index contributed by atoms with van der Waals surface area (Å²) in [6.45, 7) is 7.75. The molecule has 47 heavy (non-hydrogen) atoms. The first-order valence-electron chi connectivity index (χ1n) is 15.4. The lowest BCUT2D eigenvalue weighted by Crippen LogP contribution is -2.40. The molecule has 3 aromatic carbocycles. The van der Waals surface area contributed by atoms with Crippen LogP contribution in [-0.4, -0.2) is 66.2 Å². The van der Waals surface area contributed by atoms with Crippen LogP contribution < -0.4 is 20.3 Å². The highest BCUT2D eigenvalue weighted by Gasteiger charge is 2.24. The predicted octanol–water partition coefficient (Wildman–Crippen LogP) is 6.17. The fraction of sp³-hybridized carbons (Fsp3) is 0.306. The molecular formula is C36H38N4O7. The fourth-order valence-corrected chi connectivity index (χ4v) is 5.60. The van der Waals surface area contributed by atoms with Crippen LogP contribution in [0.3, 0.4) is 0 Å². The molecule has 1 fully saturated rings. The number of carbonyl (C=O) groups excluding carboxylic acids is 3. The standard InChI is InChI=1S/C36H38N4O7/c1-36(2,3)47-35(45)38-21-22-13-16-40(17-14-22)30-12-15-37-28-10-8-23(19-27(28)30)24-9-11-31(46-4)29(20-24)39-33(42)32(41)25-6-5-7-26(18-25)34(43)44/h5-12,15,18-20,22H,13-14,16-17,21H2,1-4H3,(H,38,45)(H,39,42)(H,43,44). The number of aromatic nitrogens is 1.